The summed E-state index contributed by atoms with van der Waals surface area (Å²) in [7, 11) is 0. The second kappa shape index (κ2) is 7.13. The van der Waals surface area contributed by atoms with E-state index in [1.54, 1.807) is 32.0 Å². The van der Waals surface area contributed by atoms with Crippen molar-refractivity contribution in [2.45, 2.75) is 20.2 Å². The van der Waals surface area contributed by atoms with Gasteiger partial charge in [0.2, 0.25) is 0 Å². The van der Waals surface area contributed by atoms with E-state index in [0.717, 1.165) is 0 Å². The van der Waals surface area contributed by atoms with Crippen molar-refractivity contribution >= 4 is 28.4 Å². The van der Waals surface area contributed by atoms with Gasteiger partial charge in [0.25, 0.3) is 5.24 Å². The van der Waals surface area contributed by atoms with Crippen LogP contribution in [-0.2, 0) is 9.59 Å². The smallest absolute Gasteiger partial charge is 0.406 e. The van der Waals surface area contributed by atoms with Crippen molar-refractivity contribution in [1.29, 1.82) is 0 Å². The van der Waals surface area contributed by atoms with Crippen LogP contribution in [-0.4, -0.2) is 17.5 Å². The van der Waals surface area contributed by atoms with Gasteiger partial charge >= 0.3 is 6.36 Å². The van der Waals surface area contributed by atoms with Gasteiger partial charge in [-0.3, -0.25) is 4.79 Å². The van der Waals surface area contributed by atoms with E-state index in [0.29, 0.717) is 22.3 Å². The Balaban J connectivity index is 2.53. The molecule has 0 N–H and O–H groups in total. The zero-order chi connectivity index (χ0) is 18.8. The Labute approximate surface area is 146 Å². The van der Waals surface area contributed by atoms with Crippen molar-refractivity contribution in [3.63, 3.8) is 0 Å². The number of aryl methyl sites for hydroxylation is 2. The predicted octanol–water partition coefficient (Wildman–Crippen LogP) is 4.85. The highest BCUT2D eigenvalue weighted by Crippen LogP contribution is 2.34. The van der Waals surface area contributed by atoms with E-state index in [1.807, 2.05) is 0 Å². The van der Waals surface area contributed by atoms with E-state index in [2.05, 4.69) is 4.74 Å². The SMILES string of the molecule is Cc1cc(OC(F)(F)F)cc(C)c1-c1cccc(C(=C=O)C(=O)Cl)c1. The standard InChI is InChI=1S/C18H12ClF3O3/c1-10-6-14(25-18(20,21)22)7-11(2)16(10)13-5-3-4-12(8-13)15(9-23)17(19)24/h3-8H,1-2H3. The molecule has 25 heavy (non-hydrogen) atoms. The summed E-state index contributed by atoms with van der Waals surface area (Å²) in [5.41, 5.74) is 2.36. The number of carbonyl (C=O) groups is 1. The van der Waals surface area contributed by atoms with Crippen LogP contribution in [0.3, 0.4) is 0 Å². The van der Waals surface area contributed by atoms with Gasteiger partial charge in [-0.15, -0.1) is 13.2 Å². The highest BCUT2D eigenvalue weighted by molar-refractivity contribution is 6.75. The van der Waals surface area contributed by atoms with Crippen molar-refractivity contribution < 1.29 is 27.5 Å². The minimum Gasteiger partial charge on any atom is -0.406 e. The molecule has 0 aliphatic carbocycles. The van der Waals surface area contributed by atoms with E-state index in [-0.39, 0.29) is 16.9 Å². The van der Waals surface area contributed by atoms with E-state index in [1.165, 1.54) is 24.1 Å². The zero-order valence-electron chi connectivity index (χ0n) is 13.2. The van der Waals surface area contributed by atoms with Gasteiger partial charge in [-0.2, -0.15) is 0 Å². The summed E-state index contributed by atoms with van der Waals surface area (Å²) in [4.78, 5) is 22.2. The molecule has 0 spiro atoms. The minimum atomic E-state index is -4.77. The Kier molecular flexibility index (Phi) is 5.36. The molecule has 0 amide bonds. The van der Waals surface area contributed by atoms with E-state index in [9.17, 15) is 22.8 Å². The molecule has 0 aliphatic heterocycles. The molecule has 2 rings (SSSR count). The number of hydrogen-bond acceptors (Lipinski definition) is 3. The summed E-state index contributed by atoms with van der Waals surface area (Å²) < 4.78 is 41.1. The van der Waals surface area contributed by atoms with Crippen LogP contribution in [0.25, 0.3) is 16.7 Å². The third-order valence-electron chi connectivity index (χ3n) is 3.48. The monoisotopic (exact) mass is 368 g/mol. The minimum absolute atomic E-state index is 0.280. The Morgan fingerprint density at radius 3 is 2.20 bits per heavy atom. The predicted molar refractivity (Wildman–Crippen MR) is 88.0 cm³/mol. The summed E-state index contributed by atoms with van der Waals surface area (Å²) in [6.45, 7) is 3.28. The van der Waals surface area contributed by atoms with Crippen LogP contribution < -0.4 is 4.74 Å². The summed E-state index contributed by atoms with van der Waals surface area (Å²) in [6.07, 6.45) is -4.77. The van der Waals surface area contributed by atoms with Crippen LogP contribution >= 0.6 is 11.6 Å². The number of hydrogen-bond donors (Lipinski definition) is 0. The highest BCUT2D eigenvalue weighted by atomic mass is 35.5. The largest absolute Gasteiger partial charge is 0.573 e. The molecule has 0 bridgehead atoms. The third kappa shape index (κ3) is 4.50. The van der Waals surface area contributed by atoms with Gasteiger partial charge < -0.3 is 4.74 Å². The molecule has 0 saturated heterocycles. The van der Waals surface area contributed by atoms with Crippen molar-refractivity contribution in [1.82, 2.24) is 0 Å². The van der Waals surface area contributed by atoms with Crippen LogP contribution in [0, 0.1) is 13.8 Å². The lowest BCUT2D eigenvalue weighted by Crippen LogP contribution is -2.17. The van der Waals surface area contributed by atoms with Crippen LogP contribution in [0.1, 0.15) is 16.7 Å². The van der Waals surface area contributed by atoms with Crippen molar-refractivity contribution in [2.75, 3.05) is 0 Å². The molecular formula is C18H12ClF3O3. The molecule has 0 heterocycles. The van der Waals surface area contributed by atoms with Crippen molar-refractivity contribution in [3.05, 3.63) is 53.1 Å². The summed E-state index contributed by atoms with van der Waals surface area (Å²) in [5.74, 6) is 1.19. The molecule has 7 heteroatoms. The lowest BCUT2D eigenvalue weighted by Gasteiger charge is -2.15. The van der Waals surface area contributed by atoms with Gasteiger partial charge in [-0.1, -0.05) is 18.2 Å². The van der Waals surface area contributed by atoms with E-state index in [4.69, 9.17) is 11.6 Å². The number of rotatable bonds is 4. The van der Waals surface area contributed by atoms with Gasteiger partial charge in [-0.05, 0) is 71.5 Å². The molecule has 0 saturated carbocycles. The maximum absolute atomic E-state index is 12.4. The lowest BCUT2D eigenvalue weighted by molar-refractivity contribution is -0.274. The molecule has 0 radical (unpaired) electrons. The molecule has 0 aromatic heterocycles. The molecule has 0 atom stereocenters. The average molecular weight is 369 g/mol. The first-order chi connectivity index (χ1) is 11.6. The number of allylic oxidation sites excluding steroid dienone is 1. The van der Waals surface area contributed by atoms with Crippen LogP contribution in [0.5, 0.6) is 5.75 Å². The Hall–Kier alpha value is -2.56. The lowest BCUT2D eigenvalue weighted by atomic mass is 9.93. The van der Waals surface area contributed by atoms with E-state index < -0.39 is 11.6 Å². The topological polar surface area (TPSA) is 43.4 Å². The highest BCUT2D eigenvalue weighted by Gasteiger charge is 2.31. The number of ether oxygens (including phenoxy) is 1. The normalized spacial score (nSPS) is 11.0. The number of halogens is 4. The second-order valence-corrected chi connectivity index (χ2v) is 5.65. The zero-order valence-corrected chi connectivity index (χ0v) is 14.0. The maximum Gasteiger partial charge on any atom is 0.573 e. The Morgan fingerprint density at radius 1 is 1.12 bits per heavy atom. The first-order valence-electron chi connectivity index (χ1n) is 7.05. The average Bonchev–Trinajstić information content (AvgIpc) is 2.45. The Bertz CT molecular complexity index is 858. The maximum atomic E-state index is 12.4. The van der Waals surface area contributed by atoms with Gasteiger partial charge in [0, 0.05) is 0 Å². The van der Waals surface area contributed by atoms with E-state index >= 15 is 0 Å². The van der Waals surface area contributed by atoms with Gasteiger partial charge in [0.05, 0.1) is 0 Å². The Morgan fingerprint density at radius 2 is 1.72 bits per heavy atom. The first-order valence-corrected chi connectivity index (χ1v) is 7.43. The molecule has 2 aromatic carbocycles. The fourth-order valence-corrected chi connectivity index (χ4v) is 2.76. The van der Waals surface area contributed by atoms with Gasteiger partial charge in [0.1, 0.15) is 17.3 Å². The molecule has 0 fully saturated rings. The summed E-state index contributed by atoms with van der Waals surface area (Å²) in [5, 5.41) is -0.936. The molecule has 0 unspecified atom stereocenters. The molecule has 3 nitrogen and oxygen atoms in total. The van der Waals surface area contributed by atoms with Gasteiger partial charge in [-0.25, -0.2) is 4.79 Å². The molecule has 2 aromatic rings. The fraction of sp³-hybridized carbons (Fsp3) is 0.167. The molecule has 0 aliphatic rings. The van der Waals surface area contributed by atoms with Crippen LogP contribution in [0.2, 0.25) is 0 Å². The molecular weight excluding hydrogens is 357 g/mol. The third-order valence-corrected chi connectivity index (χ3v) is 3.67. The summed E-state index contributed by atoms with van der Waals surface area (Å²) >= 11 is 5.36. The van der Waals surface area contributed by atoms with Crippen molar-refractivity contribution in [3.8, 4) is 16.9 Å². The number of alkyl halides is 3. The quantitative estimate of drug-likeness (QED) is 0.440. The first kappa shape index (κ1) is 18.8. The summed E-state index contributed by atoms with van der Waals surface area (Å²) in [6, 6.07) is 8.94. The van der Waals surface area contributed by atoms with Gasteiger partial charge in [0.15, 0.2) is 0 Å². The molecule has 130 valence electrons. The number of carbonyl (C=O) groups excluding carboxylic acids is 2. The van der Waals surface area contributed by atoms with Crippen molar-refractivity contribution in [2.24, 2.45) is 0 Å². The second-order valence-electron chi connectivity index (χ2n) is 5.31. The van der Waals surface area contributed by atoms with Crippen LogP contribution in [0.15, 0.2) is 36.4 Å². The fourth-order valence-electron chi connectivity index (χ4n) is 2.61. The number of benzene rings is 2. The van der Waals surface area contributed by atoms with Crippen LogP contribution in [0.4, 0.5) is 13.2 Å².